The van der Waals surface area contributed by atoms with E-state index in [-0.39, 0.29) is 5.02 Å². The molecule has 0 fully saturated rings. The van der Waals surface area contributed by atoms with Crippen LogP contribution in [0.3, 0.4) is 0 Å². The van der Waals surface area contributed by atoms with Crippen molar-refractivity contribution in [3.8, 4) is 0 Å². The van der Waals surface area contributed by atoms with Gasteiger partial charge in [-0.2, -0.15) is 0 Å². The minimum absolute atomic E-state index is 0.00830. The average molecular weight is 309 g/mol. The Morgan fingerprint density at radius 1 is 1.15 bits per heavy atom. The number of hydrogen-bond acceptors (Lipinski definition) is 2. The highest BCUT2D eigenvalue weighted by molar-refractivity contribution is 6.39. The van der Waals surface area contributed by atoms with Crippen molar-refractivity contribution >= 4 is 46.0 Å². The smallest absolute Gasteiger partial charge is 0.144 e. The van der Waals surface area contributed by atoms with Crippen LogP contribution in [-0.2, 0) is 0 Å². The fraction of sp³-hybridized carbons (Fsp3) is 0.200. The van der Waals surface area contributed by atoms with Crippen LogP contribution in [0, 0.1) is 12.7 Å². The number of fused-ring (bicyclic) bond motifs is 1. The van der Waals surface area contributed by atoms with Crippen molar-refractivity contribution < 1.29 is 4.39 Å². The number of allylic oxidation sites excluding steroid dienone is 1. The Hall–Kier alpha value is -1.45. The zero-order chi connectivity index (χ0) is 14.3. The van der Waals surface area contributed by atoms with Gasteiger partial charge in [0.1, 0.15) is 10.8 Å². The molecule has 0 saturated heterocycles. The van der Waals surface area contributed by atoms with Gasteiger partial charge < -0.3 is 0 Å². The SMILES string of the molecule is Cc1c(C2=CCCC=N2)nc2c(Cl)c(F)ccc2c1Cl. The molecule has 0 spiro atoms. The molecule has 20 heavy (non-hydrogen) atoms. The van der Waals surface area contributed by atoms with E-state index in [1.165, 1.54) is 6.07 Å². The Morgan fingerprint density at radius 2 is 1.95 bits per heavy atom. The number of aliphatic imine (C=N–C) groups is 1. The van der Waals surface area contributed by atoms with Crippen LogP contribution in [0.4, 0.5) is 4.39 Å². The highest BCUT2D eigenvalue weighted by Crippen LogP contribution is 2.35. The maximum atomic E-state index is 13.6. The summed E-state index contributed by atoms with van der Waals surface area (Å²) in [6.07, 6.45) is 5.68. The number of nitrogens with zero attached hydrogens (tertiary/aromatic N) is 2. The lowest BCUT2D eigenvalue weighted by Crippen LogP contribution is -1.99. The van der Waals surface area contributed by atoms with Crippen LogP contribution in [0.5, 0.6) is 0 Å². The van der Waals surface area contributed by atoms with Crippen molar-refractivity contribution in [1.29, 1.82) is 0 Å². The van der Waals surface area contributed by atoms with E-state index in [9.17, 15) is 4.39 Å². The topological polar surface area (TPSA) is 25.2 Å². The van der Waals surface area contributed by atoms with Crippen molar-refractivity contribution in [2.75, 3.05) is 0 Å². The van der Waals surface area contributed by atoms with Gasteiger partial charge in [0.15, 0.2) is 0 Å². The number of benzene rings is 1. The largest absolute Gasteiger partial charge is 0.259 e. The van der Waals surface area contributed by atoms with Gasteiger partial charge in [-0.15, -0.1) is 0 Å². The van der Waals surface area contributed by atoms with Crippen molar-refractivity contribution in [2.24, 2.45) is 4.99 Å². The summed E-state index contributed by atoms with van der Waals surface area (Å²) >= 11 is 12.4. The number of rotatable bonds is 1. The molecule has 2 nitrogen and oxygen atoms in total. The monoisotopic (exact) mass is 308 g/mol. The first-order chi connectivity index (χ1) is 9.59. The third kappa shape index (κ3) is 2.11. The fourth-order valence-electron chi connectivity index (χ4n) is 2.25. The van der Waals surface area contributed by atoms with Crippen LogP contribution in [0.15, 0.2) is 23.2 Å². The van der Waals surface area contributed by atoms with Gasteiger partial charge in [-0.25, -0.2) is 9.37 Å². The first-order valence-electron chi connectivity index (χ1n) is 6.26. The maximum Gasteiger partial charge on any atom is 0.144 e. The van der Waals surface area contributed by atoms with Crippen molar-refractivity contribution in [1.82, 2.24) is 4.98 Å². The minimum atomic E-state index is -0.501. The molecule has 2 aromatic rings. The molecule has 0 radical (unpaired) electrons. The van der Waals surface area contributed by atoms with E-state index in [1.807, 2.05) is 19.2 Å². The molecule has 1 aromatic carbocycles. The highest BCUT2D eigenvalue weighted by atomic mass is 35.5. The van der Waals surface area contributed by atoms with E-state index in [2.05, 4.69) is 9.98 Å². The molecule has 0 atom stereocenters. The number of pyridine rings is 1. The molecular formula is C15H11Cl2FN2. The number of aromatic nitrogens is 1. The Bertz CT molecular complexity index is 766. The van der Waals surface area contributed by atoms with Gasteiger partial charge in [-0.3, -0.25) is 4.99 Å². The Morgan fingerprint density at radius 3 is 2.65 bits per heavy atom. The second-order valence-electron chi connectivity index (χ2n) is 4.64. The normalized spacial score (nSPS) is 14.7. The van der Waals surface area contributed by atoms with Gasteiger partial charge >= 0.3 is 0 Å². The van der Waals surface area contributed by atoms with Crippen molar-refractivity contribution in [3.63, 3.8) is 0 Å². The zero-order valence-electron chi connectivity index (χ0n) is 10.8. The molecule has 0 unspecified atom stereocenters. The summed E-state index contributed by atoms with van der Waals surface area (Å²) in [5.41, 5.74) is 2.62. The van der Waals surface area contributed by atoms with Crippen LogP contribution in [0.25, 0.3) is 16.6 Å². The first-order valence-corrected chi connectivity index (χ1v) is 7.02. The summed E-state index contributed by atoms with van der Waals surface area (Å²) in [5.74, 6) is -0.501. The van der Waals surface area contributed by atoms with Gasteiger partial charge in [0.05, 0.1) is 21.9 Å². The van der Waals surface area contributed by atoms with Crippen molar-refractivity contribution in [3.05, 3.63) is 45.3 Å². The van der Waals surface area contributed by atoms with Gasteiger partial charge in [-0.05, 0) is 37.5 Å². The molecule has 0 bridgehead atoms. The van der Waals surface area contributed by atoms with Gasteiger partial charge in [0.2, 0.25) is 0 Å². The summed E-state index contributed by atoms with van der Waals surface area (Å²) in [6.45, 7) is 1.88. The average Bonchev–Trinajstić information content (AvgIpc) is 2.47. The minimum Gasteiger partial charge on any atom is -0.259 e. The molecule has 1 aliphatic heterocycles. The third-order valence-corrected chi connectivity index (χ3v) is 4.17. The molecule has 1 aliphatic rings. The number of hydrogen-bond donors (Lipinski definition) is 0. The quantitative estimate of drug-likeness (QED) is 0.711. The van der Waals surface area contributed by atoms with E-state index in [0.29, 0.717) is 21.6 Å². The Balaban J connectivity index is 2.34. The molecule has 0 saturated carbocycles. The fourth-order valence-corrected chi connectivity index (χ4v) is 2.69. The Labute approximate surface area is 125 Å². The molecule has 0 N–H and O–H groups in total. The van der Waals surface area contributed by atoms with Crippen LogP contribution in [0.1, 0.15) is 24.1 Å². The molecule has 102 valence electrons. The molecule has 1 aromatic heterocycles. The third-order valence-electron chi connectivity index (χ3n) is 3.32. The Kier molecular flexibility index (Phi) is 3.48. The maximum absolute atomic E-state index is 13.6. The van der Waals surface area contributed by atoms with Gasteiger partial charge in [-0.1, -0.05) is 29.3 Å². The zero-order valence-corrected chi connectivity index (χ0v) is 12.3. The van der Waals surface area contributed by atoms with E-state index >= 15 is 0 Å². The molecule has 3 rings (SSSR count). The lowest BCUT2D eigenvalue weighted by Gasteiger charge is -2.13. The van der Waals surface area contributed by atoms with E-state index in [4.69, 9.17) is 23.2 Å². The summed E-state index contributed by atoms with van der Waals surface area (Å²) in [7, 11) is 0. The van der Waals surface area contributed by atoms with E-state index in [1.54, 1.807) is 6.07 Å². The van der Waals surface area contributed by atoms with E-state index < -0.39 is 5.82 Å². The standard InChI is InChI=1S/C15H11Cl2FN2/c1-8-12(16)9-5-6-10(18)13(17)15(9)20-14(8)11-4-2-3-7-19-11/h4-7H,2-3H2,1H3. The van der Waals surface area contributed by atoms with Gasteiger partial charge in [0, 0.05) is 11.6 Å². The summed E-state index contributed by atoms with van der Waals surface area (Å²) < 4.78 is 13.6. The van der Waals surface area contributed by atoms with Gasteiger partial charge in [0.25, 0.3) is 0 Å². The lowest BCUT2D eigenvalue weighted by molar-refractivity contribution is 0.630. The van der Waals surface area contributed by atoms with Crippen LogP contribution < -0.4 is 0 Å². The predicted molar refractivity (Wildman–Crippen MR) is 82.2 cm³/mol. The van der Waals surface area contributed by atoms with Crippen LogP contribution in [-0.4, -0.2) is 11.2 Å². The first kappa shape index (κ1) is 13.5. The summed E-state index contributed by atoms with van der Waals surface area (Å²) in [5, 5.41) is 1.18. The molecule has 5 heteroatoms. The van der Waals surface area contributed by atoms with Crippen molar-refractivity contribution in [2.45, 2.75) is 19.8 Å². The summed E-state index contributed by atoms with van der Waals surface area (Å²) in [6, 6.07) is 2.90. The molecule has 2 heterocycles. The predicted octanol–water partition coefficient (Wildman–Crippen LogP) is 5.19. The summed E-state index contributed by atoms with van der Waals surface area (Å²) in [4.78, 5) is 8.82. The van der Waals surface area contributed by atoms with Crippen LogP contribution in [0.2, 0.25) is 10.0 Å². The lowest BCUT2D eigenvalue weighted by atomic mass is 10.1. The second-order valence-corrected chi connectivity index (χ2v) is 5.39. The van der Waals surface area contributed by atoms with E-state index in [0.717, 1.165) is 24.1 Å². The highest BCUT2D eigenvalue weighted by Gasteiger charge is 2.17. The second kappa shape index (κ2) is 5.15. The molecular weight excluding hydrogens is 298 g/mol. The van der Waals surface area contributed by atoms with Crippen LogP contribution >= 0.6 is 23.2 Å². The molecule has 0 aliphatic carbocycles. The molecule has 0 amide bonds. The number of halogens is 3.